The van der Waals surface area contributed by atoms with Crippen LogP contribution in [0.4, 0.5) is 27.4 Å². The largest absolute Gasteiger partial charge is 0.453 e. The normalized spacial score (nSPS) is 9.48. The summed E-state index contributed by atoms with van der Waals surface area (Å²) < 4.78 is 8.78. The molecule has 0 radical (unpaired) electrons. The first-order valence-corrected chi connectivity index (χ1v) is 5.74. The van der Waals surface area contributed by atoms with Crippen LogP contribution in [-0.2, 0) is 14.3 Å². The Hall–Kier alpha value is -2.98. The van der Waals surface area contributed by atoms with Gasteiger partial charge in [-0.15, -0.1) is 0 Å². The van der Waals surface area contributed by atoms with Crippen molar-refractivity contribution in [3.8, 4) is 0 Å². The summed E-state index contributed by atoms with van der Waals surface area (Å²) in [5, 5.41) is 6.75. The van der Waals surface area contributed by atoms with Gasteiger partial charge in [-0.2, -0.15) is 15.0 Å². The molecular weight excluding hydrogens is 284 g/mol. The summed E-state index contributed by atoms with van der Waals surface area (Å²) in [6, 6.07) is 0. The molecule has 1 heterocycles. The third-order valence-corrected chi connectivity index (χ3v) is 2.01. The predicted molar refractivity (Wildman–Crippen MR) is 70.8 cm³/mol. The maximum atomic E-state index is 11.3. The summed E-state index contributed by atoms with van der Waals surface area (Å²) in [7, 11) is 2.31. The van der Waals surface area contributed by atoms with Crippen LogP contribution < -0.4 is 16.0 Å². The van der Waals surface area contributed by atoms with Crippen molar-refractivity contribution in [2.75, 3.05) is 30.2 Å². The minimum atomic E-state index is -0.821. The lowest BCUT2D eigenvalue weighted by molar-refractivity contribution is -0.115. The number of anilines is 3. The first-order valence-electron chi connectivity index (χ1n) is 5.74. The molecule has 0 saturated heterocycles. The van der Waals surface area contributed by atoms with E-state index in [4.69, 9.17) is 0 Å². The van der Waals surface area contributed by atoms with Crippen molar-refractivity contribution in [3.63, 3.8) is 0 Å². The van der Waals surface area contributed by atoms with Crippen LogP contribution in [0.15, 0.2) is 0 Å². The van der Waals surface area contributed by atoms with E-state index >= 15 is 0 Å². The Balaban J connectivity index is 3.03. The number of nitrogens with one attached hydrogen (secondary N) is 3. The third-order valence-electron chi connectivity index (χ3n) is 2.01. The molecule has 11 nitrogen and oxygen atoms in total. The average Bonchev–Trinajstić information content (AvgIpc) is 2.46. The lowest BCUT2D eigenvalue weighted by atomic mass is 10.5. The van der Waals surface area contributed by atoms with Crippen LogP contribution in [0, 0.1) is 0 Å². The van der Waals surface area contributed by atoms with Crippen molar-refractivity contribution in [1.29, 1.82) is 0 Å². The molecule has 0 unspecified atom stereocenters. The molecule has 0 bridgehead atoms. The standard InChI is InChI=1S/C10H14N6O5/c1-4-5(17)11-6-12-7(15-9(18)20-2)14-8(13-6)16-10(19)21-3/h4H2,1-3H3,(H3,11,12,13,14,15,16,17,18,19). The van der Waals surface area contributed by atoms with Crippen LogP contribution >= 0.6 is 0 Å². The fraction of sp³-hybridized carbons (Fsp3) is 0.400. The van der Waals surface area contributed by atoms with Crippen molar-refractivity contribution in [2.24, 2.45) is 0 Å². The first-order chi connectivity index (χ1) is 9.98. The van der Waals surface area contributed by atoms with Crippen LogP contribution in [0.5, 0.6) is 0 Å². The van der Waals surface area contributed by atoms with Crippen LogP contribution in [0.2, 0.25) is 0 Å². The minimum absolute atomic E-state index is 0.144. The number of hydrogen-bond acceptors (Lipinski definition) is 8. The highest BCUT2D eigenvalue weighted by atomic mass is 16.5. The molecule has 0 aliphatic carbocycles. The van der Waals surface area contributed by atoms with E-state index in [0.29, 0.717) is 0 Å². The molecule has 11 heteroatoms. The van der Waals surface area contributed by atoms with Gasteiger partial charge in [0.1, 0.15) is 0 Å². The van der Waals surface area contributed by atoms with Gasteiger partial charge in [0.25, 0.3) is 0 Å². The highest BCUT2D eigenvalue weighted by Gasteiger charge is 2.13. The van der Waals surface area contributed by atoms with Gasteiger partial charge in [-0.1, -0.05) is 6.92 Å². The van der Waals surface area contributed by atoms with Crippen molar-refractivity contribution in [1.82, 2.24) is 15.0 Å². The molecule has 0 fully saturated rings. The molecule has 0 spiro atoms. The van der Waals surface area contributed by atoms with E-state index in [2.05, 4.69) is 40.4 Å². The molecule has 114 valence electrons. The van der Waals surface area contributed by atoms with Gasteiger partial charge in [0.2, 0.25) is 23.8 Å². The van der Waals surface area contributed by atoms with E-state index in [0.717, 1.165) is 14.2 Å². The summed E-state index contributed by atoms with van der Waals surface area (Å²) >= 11 is 0. The Bertz CT molecular complexity index is 460. The number of carbonyl (C=O) groups is 3. The number of rotatable bonds is 4. The molecular formula is C10H14N6O5. The number of methoxy groups -OCH3 is 2. The second kappa shape index (κ2) is 7.57. The van der Waals surface area contributed by atoms with E-state index in [1.807, 2.05) is 0 Å². The quantitative estimate of drug-likeness (QED) is 0.731. The van der Waals surface area contributed by atoms with Gasteiger partial charge >= 0.3 is 12.2 Å². The topological polar surface area (TPSA) is 144 Å². The molecule has 1 rings (SSSR count). The van der Waals surface area contributed by atoms with Gasteiger partial charge in [-0.3, -0.25) is 20.7 Å². The molecule has 3 amide bonds. The van der Waals surface area contributed by atoms with Gasteiger partial charge in [0, 0.05) is 6.42 Å². The van der Waals surface area contributed by atoms with Gasteiger partial charge in [-0.05, 0) is 0 Å². The Kier molecular flexibility index (Phi) is 5.80. The molecule has 1 aromatic rings. The Morgan fingerprint density at radius 3 is 1.57 bits per heavy atom. The van der Waals surface area contributed by atoms with Crippen molar-refractivity contribution in [2.45, 2.75) is 13.3 Å². The Labute approximate surface area is 119 Å². The van der Waals surface area contributed by atoms with E-state index in [9.17, 15) is 14.4 Å². The molecule has 1 aromatic heterocycles. The number of hydrogen-bond donors (Lipinski definition) is 3. The maximum Gasteiger partial charge on any atom is 0.413 e. The molecule has 0 aliphatic heterocycles. The van der Waals surface area contributed by atoms with Crippen LogP contribution in [0.3, 0.4) is 0 Å². The highest BCUT2D eigenvalue weighted by Crippen LogP contribution is 2.10. The number of aromatic nitrogens is 3. The van der Waals surface area contributed by atoms with Gasteiger partial charge in [-0.25, -0.2) is 9.59 Å². The fourth-order valence-corrected chi connectivity index (χ4v) is 1.04. The molecule has 0 aliphatic rings. The lowest BCUT2D eigenvalue weighted by Crippen LogP contribution is -2.20. The first kappa shape index (κ1) is 16.1. The van der Waals surface area contributed by atoms with Crippen molar-refractivity contribution in [3.05, 3.63) is 0 Å². The monoisotopic (exact) mass is 298 g/mol. The highest BCUT2D eigenvalue weighted by molar-refractivity contribution is 5.90. The van der Waals surface area contributed by atoms with Crippen LogP contribution in [0.1, 0.15) is 13.3 Å². The van der Waals surface area contributed by atoms with Crippen LogP contribution in [-0.4, -0.2) is 47.3 Å². The van der Waals surface area contributed by atoms with Crippen molar-refractivity contribution >= 4 is 35.9 Å². The predicted octanol–water partition coefficient (Wildman–Crippen LogP) is 0.577. The summed E-state index contributed by atoms with van der Waals surface area (Å²) in [5.41, 5.74) is 0. The van der Waals surface area contributed by atoms with Gasteiger partial charge < -0.3 is 9.47 Å². The SMILES string of the molecule is CCC(=O)Nc1nc(NC(=O)OC)nc(NC(=O)OC)n1. The zero-order chi connectivity index (χ0) is 15.8. The molecule has 3 N–H and O–H groups in total. The summed E-state index contributed by atoms with van der Waals surface area (Å²) in [6.45, 7) is 1.64. The van der Waals surface area contributed by atoms with Crippen LogP contribution in [0.25, 0.3) is 0 Å². The van der Waals surface area contributed by atoms with Gasteiger partial charge in [0.15, 0.2) is 0 Å². The second-order valence-electron chi connectivity index (χ2n) is 3.44. The number of carbonyl (C=O) groups excluding carboxylic acids is 3. The molecule has 0 aromatic carbocycles. The molecule has 21 heavy (non-hydrogen) atoms. The molecule has 0 saturated carbocycles. The minimum Gasteiger partial charge on any atom is -0.453 e. The summed E-state index contributed by atoms with van der Waals surface area (Å²) in [4.78, 5) is 44.9. The Morgan fingerprint density at radius 2 is 1.24 bits per heavy atom. The average molecular weight is 298 g/mol. The maximum absolute atomic E-state index is 11.3. The lowest BCUT2D eigenvalue weighted by Gasteiger charge is -2.08. The van der Waals surface area contributed by atoms with E-state index in [1.54, 1.807) is 6.92 Å². The second-order valence-corrected chi connectivity index (χ2v) is 3.44. The fourth-order valence-electron chi connectivity index (χ4n) is 1.04. The number of ether oxygens (including phenoxy) is 2. The summed E-state index contributed by atoms with van der Waals surface area (Å²) in [6.07, 6.45) is -1.44. The smallest absolute Gasteiger partial charge is 0.413 e. The molecule has 0 atom stereocenters. The number of nitrogens with zero attached hydrogens (tertiary/aromatic N) is 3. The zero-order valence-electron chi connectivity index (χ0n) is 11.6. The number of amides is 3. The third kappa shape index (κ3) is 5.26. The van der Waals surface area contributed by atoms with E-state index < -0.39 is 12.2 Å². The van der Waals surface area contributed by atoms with Crippen molar-refractivity contribution < 1.29 is 23.9 Å². The zero-order valence-corrected chi connectivity index (χ0v) is 11.6. The summed E-state index contributed by atoms with van der Waals surface area (Å²) in [5.74, 6) is -0.923. The van der Waals surface area contributed by atoms with E-state index in [1.165, 1.54) is 0 Å². The van der Waals surface area contributed by atoms with Gasteiger partial charge in [0.05, 0.1) is 14.2 Å². The Morgan fingerprint density at radius 1 is 0.857 bits per heavy atom. The van der Waals surface area contributed by atoms with E-state index in [-0.39, 0.29) is 30.2 Å².